The molecule has 0 aliphatic heterocycles. The average Bonchev–Trinajstić information content (AvgIpc) is 2.34. The van der Waals surface area contributed by atoms with Crippen LogP contribution in [-0.4, -0.2) is 16.9 Å². The van der Waals surface area contributed by atoms with Gasteiger partial charge in [0.2, 0.25) is 0 Å². The number of aromatic nitrogens is 1. The van der Waals surface area contributed by atoms with Crippen LogP contribution in [0, 0.1) is 0 Å². The minimum atomic E-state index is -0.306. The third-order valence-electron chi connectivity index (χ3n) is 1.42. The molecular formula is C6H10N2O3. The van der Waals surface area contributed by atoms with E-state index in [-0.39, 0.29) is 18.7 Å². The highest BCUT2D eigenvalue weighted by Crippen LogP contribution is 2.01. The van der Waals surface area contributed by atoms with Crippen molar-refractivity contribution in [2.45, 2.75) is 13.0 Å². The van der Waals surface area contributed by atoms with Crippen LogP contribution >= 0.6 is 0 Å². The topological polar surface area (TPSA) is 92.2 Å². The SMILES string of the molecule is NCc1o[nH]c(=O)c1CCO. The molecule has 0 aliphatic carbocycles. The molecule has 62 valence electrons. The summed E-state index contributed by atoms with van der Waals surface area (Å²) in [6, 6.07) is 0. The van der Waals surface area contributed by atoms with E-state index in [0.717, 1.165) is 0 Å². The summed E-state index contributed by atoms with van der Waals surface area (Å²) in [5.74, 6) is 0.420. The van der Waals surface area contributed by atoms with Gasteiger partial charge < -0.3 is 15.4 Å². The summed E-state index contributed by atoms with van der Waals surface area (Å²) in [5, 5.41) is 10.7. The molecule has 4 N–H and O–H groups in total. The quantitative estimate of drug-likeness (QED) is 0.524. The van der Waals surface area contributed by atoms with Gasteiger partial charge in [0.05, 0.1) is 12.1 Å². The Kier molecular flexibility index (Phi) is 2.45. The van der Waals surface area contributed by atoms with E-state index in [2.05, 4.69) is 5.16 Å². The summed E-state index contributed by atoms with van der Waals surface area (Å²) in [6.45, 7) is 0.101. The summed E-state index contributed by atoms with van der Waals surface area (Å²) in [7, 11) is 0. The molecule has 0 fully saturated rings. The molecule has 1 heterocycles. The predicted octanol–water partition coefficient (Wildman–Crippen LogP) is -1.04. The van der Waals surface area contributed by atoms with E-state index in [9.17, 15) is 4.79 Å². The molecular weight excluding hydrogens is 148 g/mol. The molecule has 0 aromatic carbocycles. The van der Waals surface area contributed by atoms with E-state index in [1.54, 1.807) is 0 Å². The molecule has 0 radical (unpaired) electrons. The van der Waals surface area contributed by atoms with E-state index in [4.69, 9.17) is 15.4 Å². The number of aliphatic hydroxyl groups excluding tert-OH is 1. The number of hydrogen-bond acceptors (Lipinski definition) is 4. The number of nitrogens with two attached hydrogens (primary N) is 1. The van der Waals surface area contributed by atoms with Gasteiger partial charge >= 0.3 is 0 Å². The van der Waals surface area contributed by atoms with Crippen molar-refractivity contribution in [2.75, 3.05) is 6.61 Å². The molecule has 11 heavy (non-hydrogen) atoms. The minimum absolute atomic E-state index is 0.0738. The molecule has 1 rings (SSSR count). The smallest absolute Gasteiger partial charge is 0.283 e. The molecule has 0 saturated heterocycles. The molecule has 0 amide bonds. The molecule has 0 bridgehead atoms. The minimum Gasteiger partial charge on any atom is -0.396 e. The van der Waals surface area contributed by atoms with Gasteiger partial charge in [-0.15, -0.1) is 0 Å². The van der Waals surface area contributed by atoms with E-state index in [1.807, 2.05) is 0 Å². The normalized spacial score (nSPS) is 10.4. The first-order valence-corrected chi connectivity index (χ1v) is 3.29. The number of nitrogens with one attached hydrogen (secondary N) is 1. The average molecular weight is 158 g/mol. The lowest BCUT2D eigenvalue weighted by atomic mass is 10.2. The van der Waals surface area contributed by atoms with Crippen molar-refractivity contribution in [3.63, 3.8) is 0 Å². The zero-order chi connectivity index (χ0) is 8.27. The zero-order valence-electron chi connectivity index (χ0n) is 5.96. The first kappa shape index (κ1) is 8.03. The van der Waals surface area contributed by atoms with Crippen LogP contribution in [0.3, 0.4) is 0 Å². The number of rotatable bonds is 3. The van der Waals surface area contributed by atoms with Crippen molar-refractivity contribution in [3.8, 4) is 0 Å². The number of aliphatic hydroxyl groups is 1. The van der Waals surface area contributed by atoms with Crippen molar-refractivity contribution in [3.05, 3.63) is 21.7 Å². The monoisotopic (exact) mass is 158 g/mol. The molecule has 1 aromatic rings. The largest absolute Gasteiger partial charge is 0.396 e. The van der Waals surface area contributed by atoms with Crippen LogP contribution < -0.4 is 11.3 Å². The maximum atomic E-state index is 10.9. The Hall–Kier alpha value is -1.07. The van der Waals surface area contributed by atoms with Crippen LogP contribution in [0.25, 0.3) is 0 Å². The molecule has 0 saturated carbocycles. The second-order valence-electron chi connectivity index (χ2n) is 2.11. The third kappa shape index (κ3) is 1.50. The molecule has 5 heteroatoms. The second kappa shape index (κ2) is 3.36. The van der Waals surface area contributed by atoms with Gasteiger partial charge in [-0.1, -0.05) is 0 Å². The van der Waals surface area contributed by atoms with Crippen molar-refractivity contribution >= 4 is 0 Å². The summed E-state index contributed by atoms with van der Waals surface area (Å²) in [4.78, 5) is 10.9. The van der Waals surface area contributed by atoms with Gasteiger partial charge in [0.1, 0.15) is 0 Å². The Morgan fingerprint density at radius 1 is 1.64 bits per heavy atom. The first-order chi connectivity index (χ1) is 5.29. The summed E-state index contributed by atoms with van der Waals surface area (Å²) in [5.41, 5.74) is 5.39. The lowest BCUT2D eigenvalue weighted by Crippen LogP contribution is -2.10. The Balaban J connectivity index is 2.97. The van der Waals surface area contributed by atoms with Crippen LogP contribution in [0.1, 0.15) is 11.3 Å². The molecule has 0 spiro atoms. The fraction of sp³-hybridized carbons (Fsp3) is 0.500. The fourth-order valence-corrected chi connectivity index (χ4v) is 0.887. The highest BCUT2D eigenvalue weighted by molar-refractivity contribution is 5.13. The van der Waals surface area contributed by atoms with E-state index < -0.39 is 0 Å². The van der Waals surface area contributed by atoms with Crippen molar-refractivity contribution in [1.82, 2.24) is 5.16 Å². The lowest BCUT2D eigenvalue weighted by Gasteiger charge is -1.91. The zero-order valence-corrected chi connectivity index (χ0v) is 5.96. The number of H-pyrrole nitrogens is 1. The van der Waals surface area contributed by atoms with Crippen LogP contribution in [0.2, 0.25) is 0 Å². The molecule has 0 atom stereocenters. The summed E-state index contributed by atoms with van der Waals surface area (Å²) < 4.78 is 4.72. The first-order valence-electron chi connectivity index (χ1n) is 3.29. The van der Waals surface area contributed by atoms with Gasteiger partial charge in [-0.05, 0) is 0 Å². The van der Waals surface area contributed by atoms with Crippen LogP contribution in [0.4, 0.5) is 0 Å². The van der Waals surface area contributed by atoms with E-state index >= 15 is 0 Å². The summed E-state index contributed by atoms with van der Waals surface area (Å²) >= 11 is 0. The van der Waals surface area contributed by atoms with Gasteiger partial charge in [-0.2, -0.15) is 5.16 Å². The van der Waals surface area contributed by atoms with Gasteiger partial charge in [-0.25, -0.2) is 0 Å². The van der Waals surface area contributed by atoms with Crippen LogP contribution in [0.15, 0.2) is 9.32 Å². The maximum Gasteiger partial charge on any atom is 0.283 e. The van der Waals surface area contributed by atoms with Gasteiger partial charge in [-0.3, -0.25) is 4.79 Å². The molecule has 5 nitrogen and oxygen atoms in total. The maximum absolute atomic E-state index is 10.9. The molecule has 0 aliphatic rings. The van der Waals surface area contributed by atoms with Crippen LogP contribution in [-0.2, 0) is 13.0 Å². The predicted molar refractivity (Wildman–Crippen MR) is 38.0 cm³/mol. The standard InChI is InChI=1S/C6H10N2O3/c7-3-5-4(1-2-9)6(10)8-11-5/h9H,1-3,7H2,(H,8,10). The van der Waals surface area contributed by atoms with Gasteiger partial charge in [0.15, 0.2) is 5.76 Å². The van der Waals surface area contributed by atoms with E-state index in [0.29, 0.717) is 17.7 Å². The Labute approximate surface area is 62.8 Å². The van der Waals surface area contributed by atoms with Crippen molar-refractivity contribution in [1.29, 1.82) is 0 Å². The van der Waals surface area contributed by atoms with E-state index in [1.165, 1.54) is 0 Å². The lowest BCUT2D eigenvalue weighted by molar-refractivity contribution is 0.298. The van der Waals surface area contributed by atoms with Gasteiger partial charge in [0.25, 0.3) is 5.56 Å². The molecule has 0 unspecified atom stereocenters. The Bertz CT molecular complexity index is 276. The molecule has 1 aromatic heterocycles. The highest BCUT2D eigenvalue weighted by atomic mass is 16.5. The van der Waals surface area contributed by atoms with Crippen molar-refractivity contribution < 1.29 is 9.63 Å². The summed E-state index contributed by atoms with van der Waals surface area (Å²) in [6.07, 6.45) is 0.290. The Morgan fingerprint density at radius 2 is 2.36 bits per heavy atom. The van der Waals surface area contributed by atoms with Crippen LogP contribution in [0.5, 0.6) is 0 Å². The highest BCUT2D eigenvalue weighted by Gasteiger charge is 2.09. The van der Waals surface area contributed by atoms with Gasteiger partial charge in [0, 0.05) is 13.0 Å². The van der Waals surface area contributed by atoms with Crippen molar-refractivity contribution in [2.24, 2.45) is 5.73 Å². The fourth-order valence-electron chi connectivity index (χ4n) is 0.887. The third-order valence-corrected chi connectivity index (χ3v) is 1.42. The Morgan fingerprint density at radius 3 is 2.91 bits per heavy atom. The number of hydrogen-bond donors (Lipinski definition) is 3. The number of aromatic amines is 1. The second-order valence-corrected chi connectivity index (χ2v) is 2.11.